The van der Waals surface area contributed by atoms with Crippen molar-refractivity contribution in [2.45, 2.75) is 0 Å². The van der Waals surface area contributed by atoms with Gasteiger partial charge in [0.2, 0.25) is 0 Å². The predicted octanol–water partition coefficient (Wildman–Crippen LogP) is -0.686. The van der Waals surface area contributed by atoms with E-state index in [-0.39, 0.29) is 17.7 Å². The number of amides is 1. The lowest BCUT2D eigenvalue weighted by Gasteiger charge is -2.02. The fraction of sp³-hybridized carbons (Fsp3) is 0.222. The lowest BCUT2D eigenvalue weighted by atomic mass is 10.2. The van der Waals surface area contributed by atoms with Gasteiger partial charge in [-0.2, -0.15) is 0 Å². The van der Waals surface area contributed by atoms with Crippen LogP contribution < -0.4 is 10.9 Å². The van der Waals surface area contributed by atoms with E-state index in [9.17, 15) is 14.4 Å². The molecule has 0 atom stereocenters. The van der Waals surface area contributed by atoms with Gasteiger partial charge in [0.15, 0.2) is 0 Å². The Kier molecular flexibility index (Phi) is 3.17. The van der Waals surface area contributed by atoms with E-state index in [1.165, 1.54) is 10.6 Å². The van der Waals surface area contributed by atoms with Crippen molar-refractivity contribution >= 4 is 12.2 Å². The van der Waals surface area contributed by atoms with Crippen LogP contribution >= 0.6 is 0 Å². The number of hydrogen-bond donors (Lipinski definition) is 1. The van der Waals surface area contributed by atoms with Gasteiger partial charge in [-0.15, -0.1) is 0 Å². The first kappa shape index (κ1) is 10.2. The fourth-order valence-corrected chi connectivity index (χ4v) is 1.000. The van der Waals surface area contributed by atoms with Crippen LogP contribution in [0.1, 0.15) is 10.4 Å². The molecule has 0 aliphatic rings. The first-order valence-corrected chi connectivity index (χ1v) is 4.04. The topological polar surface area (TPSA) is 68.2 Å². The van der Waals surface area contributed by atoms with Gasteiger partial charge in [0.05, 0.1) is 6.54 Å². The quantitative estimate of drug-likeness (QED) is 0.648. The molecule has 0 unspecified atom stereocenters. The smallest absolute Gasteiger partial charge is 0.263 e. The van der Waals surface area contributed by atoms with Gasteiger partial charge < -0.3 is 14.7 Å². The summed E-state index contributed by atoms with van der Waals surface area (Å²) in [5, 5.41) is 2.30. The minimum atomic E-state index is -0.529. The molecule has 0 aliphatic heterocycles. The Morgan fingerprint density at radius 1 is 1.64 bits per heavy atom. The number of pyridine rings is 1. The molecule has 5 heteroatoms. The largest absolute Gasteiger partial charge is 0.345 e. The number of rotatable bonds is 3. The van der Waals surface area contributed by atoms with Gasteiger partial charge >= 0.3 is 0 Å². The van der Waals surface area contributed by atoms with Crippen LogP contribution in [0.25, 0.3) is 0 Å². The Morgan fingerprint density at radius 2 is 2.36 bits per heavy atom. The van der Waals surface area contributed by atoms with Crippen LogP contribution in [0.3, 0.4) is 0 Å². The van der Waals surface area contributed by atoms with E-state index < -0.39 is 5.91 Å². The number of carbonyl (C=O) groups excluding carboxylic acids is 2. The van der Waals surface area contributed by atoms with Crippen molar-refractivity contribution in [1.29, 1.82) is 0 Å². The van der Waals surface area contributed by atoms with Crippen LogP contribution in [0.5, 0.6) is 0 Å². The normalized spacial score (nSPS) is 9.50. The second-order valence-electron chi connectivity index (χ2n) is 2.71. The van der Waals surface area contributed by atoms with Crippen molar-refractivity contribution in [3.05, 3.63) is 34.2 Å². The first-order chi connectivity index (χ1) is 6.66. The van der Waals surface area contributed by atoms with E-state index in [2.05, 4.69) is 5.32 Å². The zero-order valence-electron chi connectivity index (χ0n) is 7.69. The summed E-state index contributed by atoms with van der Waals surface area (Å²) in [6.07, 6.45) is 2.12. The molecule has 1 N–H and O–H groups in total. The van der Waals surface area contributed by atoms with Crippen LogP contribution in [0.2, 0.25) is 0 Å². The number of carbonyl (C=O) groups is 2. The second-order valence-corrected chi connectivity index (χ2v) is 2.71. The molecule has 1 heterocycles. The highest BCUT2D eigenvalue weighted by Crippen LogP contribution is 1.89. The van der Waals surface area contributed by atoms with E-state index in [1.807, 2.05) is 0 Å². The van der Waals surface area contributed by atoms with Gasteiger partial charge in [-0.05, 0) is 12.1 Å². The molecule has 0 saturated heterocycles. The van der Waals surface area contributed by atoms with Crippen LogP contribution in [-0.2, 0) is 11.8 Å². The Balaban J connectivity index is 2.96. The molecule has 14 heavy (non-hydrogen) atoms. The Labute approximate surface area is 80.4 Å². The van der Waals surface area contributed by atoms with Crippen molar-refractivity contribution < 1.29 is 9.59 Å². The summed E-state index contributed by atoms with van der Waals surface area (Å²) in [6.45, 7) is -0.0864. The zero-order valence-corrected chi connectivity index (χ0v) is 7.69. The Hall–Kier alpha value is -1.91. The molecule has 0 saturated carbocycles. The molecule has 0 radical (unpaired) electrons. The maximum atomic E-state index is 11.4. The van der Waals surface area contributed by atoms with Crippen molar-refractivity contribution in [3.8, 4) is 0 Å². The fourth-order valence-electron chi connectivity index (χ4n) is 1.000. The van der Waals surface area contributed by atoms with Gasteiger partial charge in [0.25, 0.3) is 11.5 Å². The molecule has 1 rings (SSSR count). The molecule has 1 amide bonds. The van der Waals surface area contributed by atoms with Gasteiger partial charge in [-0.25, -0.2) is 0 Å². The van der Waals surface area contributed by atoms with Crippen LogP contribution in [0, 0.1) is 0 Å². The summed E-state index contributed by atoms with van der Waals surface area (Å²) in [5.74, 6) is -0.529. The molecular formula is C9H10N2O3. The average Bonchev–Trinajstić information content (AvgIpc) is 2.18. The number of aldehydes is 1. The summed E-state index contributed by atoms with van der Waals surface area (Å²) in [7, 11) is 1.55. The summed E-state index contributed by atoms with van der Waals surface area (Å²) in [6, 6.07) is 3.01. The average molecular weight is 194 g/mol. The summed E-state index contributed by atoms with van der Waals surface area (Å²) in [4.78, 5) is 32.7. The van der Waals surface area contributed by atoms with E-state index in [4.69, 9.17) is 0 Å². The maximum Gasteiger partial charge on any atom is 0.263 e. The number of nitrogens with one attached hydrogen (secondary N) is 1. The number of aryl methyl sites for hydroxylation is 1. The maximum absolute atomic E-state index is 11.4. The monoisotopic (exact) mass is 194 g/mol. The minimum absolute atomic E-state index is 0.0388. The summed E-state index contributed by atoms with van der Waals surface area (Å²) in [5.41, 5.74) is -0.340. The molecule has 0 fully saturated rings. The van der Waals surface area contributed by atoms with Gasteiger partial charge in [-0.3, -0.25) is 9.59 Å². The second kappa shape index (κ2) is 4.36. The molecular weight excluding hydrogens is 184 g/mol. The Bertz CT molecular complexity index is 409. The van der Waals surface area contributed by atoms with Crippen molar-refractivity contribution in [1.82, 2.24) is 9.88 Å². The third-order valence-corrected chi connectivity index (χ3v) is 1.71. The number of hydrogen-bond acceptors (Lipinski definition) is 3. The summed E-state index contributed by atoms with van der Waals surface area (Å²) >= 11 is 0. The lowest BCUT2D eigenvalue weighted by Crippen LogP contribution is -2.32. The van der Waals surface area contributed by atoms with Crippen LogP contribution in [-0.4, -0.2) is 23.3 Å². The SMILES string of the molecule is Cn1cccc(C(=O)NCC=O)c1=O. The van der Waals surface area contributed by atoms with Crippen LogP contribution in [0.15, 0.2) is 23.1 Å². The molecule has 74 valence electrons. The Morgan fingerprint density at radius 3 is 3.00 bits per heavy atom. The molecule has 1 aromatic rings. The van der Waals surface area contributed by atoms with Crippen LogP contribution in [0.4, 0.5) is 0 Å². The van der Waals surface area contributed by atoms with Crippen molar-refractivity contribution in [2.75, 3.05) is 6.54 Å². The van der Waals surface area contributed by atoms with Gasteiger partial charge in [-0.1, -0.05) is 0 Å². The van der Waals surface area contributed by atoms with E-state index in [0.29, 0.717) is 6.29 Å². The van der Waals surface area contributed by atoms with Gasteiger partial charge in [0.1, 0.15) is 11.8 Å². The molecule has 1 aromatic heterocycles. The van der Waals surface area contributed by atoms with E-state index >= 15 is 0 Å². The lowest BCUT2D eigenvalue weighted by molar-refractivity contribution is -0.107. The summed E-state index contributed by atoms with van der Waals surface area (Å²) < 4.78 is 1.30. The van der Waals surface area contributed by atoms with Crippen molar-refractivity contribution in [2.24, 2.45) is 7.05 Å². The highest BCUT2D eigenvalue weighted by molar-refractivity contribution is 5.94. The highest BCUT2D eigenvalue weighted by atomic mass is 16.2. The third-order valence-electron chi connectivity index (χ3n) is 1.71. The zero-order chi connectivity index (χ0) is 10.6. The number of aromatic nitrogens is 1. The standard InChI is InChI=1S/C9H10N2O3/c1-11-5-2-3-7(9(11)14)8(13)10-4-6-12/h2-3,5-6H,4H2,1H3,(H,10,13). The predicted molar refractivity (Wildman–Crippen MR) is 50.1 cm³/mol. The molecule has 0 aliphatic carbocycles. The first-order valence-electron chi connectivity index (χ1n) is 4.04. The molecule has 0 spiro atoms. The minimum Gasteiger partial charge on any atom is -0.345 e. The van der Waals surface area contributed by atoms with E-state index in [0.717, 1.165) is 0 Å². The van der Waals surface area contributed by atoms with Crippen molar-refractivity contribution in [3.63, 3.8) is 0 Å². The highest BCUT2D eigenvalue weighted by Gasteiger charge is 2.09. The van der Waals surface area contributed by atoms with Gasteiger partial charge in [0, 0.05) is 13.2 Å². The number of nitrogens with zero attached hydrogens (tertiary/aromatic N) is 1. The molecule has 0 aromatic carbocycles. The molecule has 0 bridgehead atoms. The van der Waals surface area contributed by atoms with E-state index in [1.54, 1.807) is 19.3 Å². The molecule has 5 nitrogen and oxygen atoms in total. The third kappa shape index (κ3) is 2.07.